The minimum atomic E-state index is -0.0194. The molecule has 2 N–H and O–H groups in total. The fraction of sp³-hybridized carbons (Fsp3) is 0.444. The second-order valence-electron chi connectivity index (χ2n) is 6.48. The number of aromatic nitrogens is 2. The maximum absolute atomic E-state index is 12.6. The molecule has 1 amide bonds. The first-order chi connectivity index (χ1) is 12.2. The number of nitrogens with one attached hydrogen (secondary N) is 2. The van der Waals surface area contributed by atoms with Gasteiger partial charge in [0.15, 0.2) is 0 Å². The van der Waals surface area contributed by atoms with Gasteiger partial charge in [0.1, 0.15) is 5.82 Å². The van der Waals surface area contributed by atoms with Gasteiger partial charge in [-0.2, -0.15) is 0 Å². The second-order valence-corrected chi connectivity index (χ2v) is 6.92. The number of H-pyrrole nitrogens is 1. The lowest BCUT2D eigenvalue weighted by Gasteiger charge is -2.29. The highest BCUT2D eigenvalue weighted by molar-refractivity contribution is 6.30. The lowest BCUT2D eigenvalue weighted by Crippen LogP contribution is -2.43. The van der Waals surface area contributed by atoms with Crippen LogP contribution in [0.25, 0.3) is 11.4 Å². The summed E-state index contributed by atoms with van der Waals surface area (Å²) in [6.07, 6.45) is 1.18. The number of morpholine rings is 1. The van der Waals surface area contributed by atoms with Crippen molar-refractivity contribution in [3.8, 4) is 11.4 Å². The number of carbonyl (C=O) groups is 1. The van der Waals surface area contributed by atoms with Crippen LogP contribution in [-0.2, 0) is 22.5 Å². The van der Waals surface area contributed by atoms with E-state index < -0.39 is 0 Å². The van der Waals surface area contributed by atoms with Crippen molar-refractivity contribution in [2.24, 2.45) is 0 Å². The van der Waals surface area contributed by atoms with E-state index in [4.69, 9.17) is 16.3 Å². The molecule has 3 heterocycles. The van der Waals surface area contributed by atoms with Gasteiger partial charge >= 0.3 is 0 Å². The van der Waals surface area contributed by atoms with Crippen LogP contribution in [0.15, 0.2) is 24.3 Å². The van der Waals surface area contributed by atoms with Gasteiger partial charge in [-0.05, 0) is 24.3 Å². The van der Waals surface area contributed by atoms with Crippen LogP contribution in [0.5, 0.6) is 0 Å². The zero-order chi connectivity index (χ0) is 17.2. The van der Waals surface area contributed by atoms with Crippen LogP contribution in [0.1, 0.15) is 17.8 Å². The Morgan fingerprint density at radius 1 is 1.36 bits per heavy atom. The van der Waals surface area contributed by atoms with Gasteiger partial charge < -0.3 is 19.9 Å². The Labute approximate surface area is 151 Å². The number of hydrogen-bond acceptors (Lipinski definition) is 4. The lowest BCUT2D eigenvalue weighted by atomic mass is 10.1. The van der Waals surface area contributed by atoms with Crippen molar-refractivity contribution in [2.45, 2.75) is 25.5 Å². The van der Waals surface area contributed by atoms with Crippen molar-refractivity contribution in [1.29, 1.82) is 0 Å². The van der Waals surface area contributed by atoms with E-state index in [2.05, 4.69) is 15.3 Å². The van der Waals surface area contributed by atoms with E-state index in [1.165, 1.54) is 0 Å². The Balaban J connectivity index is 1.44. The molecule has 0 saturated carbocycles. The molecule has 132 valence electrons. The highest BCUT2D eigenvalue weighted by Gasteiger charge is 2.26. The summed E-state index contributed by atoms with van der Waals surface area (Å²) in [5.74, 6) is 0.970. The molecule has 0 unspecified atom stereocenters. The highest BCUT2D eigenvalue weighted by atomic mass is 35.5. The van der Waals surface area contributed by atoms with Crippen molar-refractivity contribution < 1.29 is 9.53 Å². The standard InChI is InChI=1S/C18H21ClN4O2/c19-13-3-1-12(2-4-13)18-21-15-5-7-23(11-16(15)22-18)17(24)9-14-10-20-6-8-25-14/h1-4,14,20H,5-11H2,(H,21,22)/t14-/m1/s1. The van der Waals surface area contributed by atoms with Gasteiger partial charge in [0, 0.05) is 36.6 Å². The van der Waals surface area contributed by atoms with E-state index in [0.717, 1.165) is 42.3 Å². The number of amides is 1. The number of rotatable bonds is 3. The molecule has 1 fully saturated rings. The highest BCUT2D eigenvalue weighted by Crippen LogP contribution is 2.24. The summed E-state index contributed by atoms with van der Waals surface area (Å²) >= 11 is 5.94. The summed E-state index contributed by atoms with van der Waals surface area (Å²) in [6.45, 7) is 3.56. The quantitative estimate of drug-likeness (QED) is 0.878. The topological polar surface area (TPSA) is 70.2 Å². The number of hydrogen-bond donors (Lipinski definition) is 2. The fourth-order valence-corrected chi connectivity index (χ4v) is 3.45. The van der Waals surface area contributed by atoms with Gasteiger partial charge in [-0.25, -0.2) is 4.98 Å². The number of imidazole rings is 1. The van der Waals surface area contributed by atoms with Crippen LogP contribution in [0, 0.1) is 0 Å². The van der Waals surface area contributed by atoms with E-state index in [-0.39, 0.29) is 12.0 Å². The molecule has 0 bridgehead atoms. The summed E-state index contributed by atoms with van der Waals surface area (Å²) < 4.78 is 5.64. The Morgan fingerprint density at radius 3 is 2.96 bits per heavy atom. The van der Waals surface area contributed by atoms with E-state index in [1.54, 1.807) is 0 Å². The molecule has 0 radical (unpaired) electrons. The number of benzene rings is 1. The molecule has 0 aliphatic carbocycles. The maximum Gasteiger partial charge on any atom is 0.225 e. The molecule has 6 nitrogen and oxygen atoms in total. The minimum Gasteiger partial charge on any atom is -0.375 e. The summed E-state index contributed by atoms with van der Waals surface area (Å²) in [4.78, 5) is 22.5. The van der Waals surface area contributed by atoms with Gasteiger partial charge in [-0.15, -0.1) is 0 Å². The van der Waals surface area contributed by atoms with Gasteiger partial charge in [0.25, 0.3) is 0 Å². The molecule has 2 aliphatic heterocycles. The van der Waals surface area contributed by atoms with Gasteiger partial charge in [-0.1, -0.05) is 11.6 Å². The molecule has 1 atom stereocenters. The third kappa shape index (κ3) is 3.71. The largest absolute Gasteiger partial charge is 0.375 e. The normalized spacial score (nSPS) is 20.4. The smallest absolute Gasteiger partial charge is 0.225 e. The number of nitrogens with zero attached hydrogens (tertiary/aromatic N) is 2. The SMILES string of the molecule is O=C(C[C@@H]1CNCCO1)N1CCc2nc(-c3ccc(Cl)cc3)[nH]c2C1. The average Bonchev–Trinajstić information content (AvgIpc) is 3.06. The van der Waals surface area contributed by atoms with Crippen LogP contribution < -0.4 is 5.32 Å². The van der Waals surface area contributed by atoms with Gasteiger partial charge in [-0.3, -0.25) is 4.79 Å². The zero-order valence-corrected chi connectivity index (χ0v) is 14.7. The Morgan fingerprint density at radius 2 is 2.20 bits per heavy atom. The summed E-state index contributed by atoms with van der Waals surface area (Å²) in [6, 6.07) is 7.60. The molecule has 0 spiro atoms. The van der Waals surface area contributed by atoms with Crippen LogP contribution in [0.2, 0.25) is 5.02 Å². The van der Waals surface area contributed by atoms with Crippen molar-refractivity contribution in [1.82, 2.24) is 20.2 Å². The number of ether oxygens (including phenoxy) is 1. The van der Waals surface area contributed by atoms with Crippen molar-refractivity contribution in [3.63, 3.8) is 0 Å². The van der Waals surface area contributed by atoms with Gasteiger partial charge in [0.2, 0.25) is 5.91 Å². The molecular formula is C18H21ClN4O2. The Kier molecular flexibility index (Phi) is 4.74. The van der Waals surface area contributed by atoms with Crippen molar-refractivity contribution in [2.75, 3.05) is 26.2 Å². The molecule has 25 heavy (non-hydrogen) atoms. The van der Waals surface area contributed by atoms with E-state index >= 15 is 0 Å². The third-order valence-corrected chi connectivity index (χ3v) is 4.96. The Bertz CT molecular complexity index is 753. The third-order valence-electron chi connectivity index (χ3n) is 4.71. The molecule has 2 aromatic rings. The van der Waals surface area contributed by atoms with Crippen molar-refractivity contribution >= 4 is 17.5 Å². The van der Waals surface area contributed by atoms with E-state index in [0.29, 0.717) is 31.1 Å². The predicted molar refractivity (Wildman–Crippen MR) is 95.4 cm³/mol. The van der Waals surface area contributed by atoms with Crippen LogP contribution in [0.4, 0.5) is 0 Å². The molecule has 4 rings (SSSR count). The number of halogens is 1. The summed E-state index contributed by atoms with van der Waals surface area (Å²) in [5.41, 5.74) is 3.06. The van der Waals surface area contributed by atoms with Crippen LogP contribution in [0.3, 0.4) is 0 Å². The predicted octanol–water partition coefficient (Wildman–Crippen LogP) is 1.99. The van der Waals surface area contributed by atoms with Crippen LogP contribution >= 0.6 is 11.6 Å². The molecule has 2 aliphatic rings. The minimum absolute atomic E-state index is 0.0194. The lowest BCUT2D eigenvalue weighted by molar-refractivity contribution is -0.135. The summed E-state index contributed by atoms with van der Waals surface area (Å²) in [7, 11) is 0. The first-order valence-corrected chi connectivity index (χ1v) is 9.00. The maximum atomic E-state index is 12.6. The van der Waals surface area contributed by atoms with Crippen LogP contribution in [-0.4, -0.2) is 53.1 Å². The fourth-order valence-electron chi connectivity index (χ4n) is 3.33. The number of aromatic amines is 1. The molecule has 1 saturated heterocycles. The van der Waals surface area contributed by atoms with Gasteiger partial charge in [0.05, 0.1) is 37.1 Å². The zero-order valence-electron chi connectivity index (χ0n) is 13.9. The first kappa shape index (κ1) is 16.6. The molecule has 7 heteroatoms. The van der Waals surface area contributed by atoms with E-state index in [1.807, 2.05) is 29.2 Å². The monoisotopic (exact) mass is 360 g/mol. The molecular weight excluding hydrogens is 340 g/mol. The van der Waals surface area contributed by atoms with Crippen molar-refractivity contribution in [3.05, 3.63) is 40.7 Å². The molecule has 1 aromatic carbocycles. The Hall–Kier alpha value is -1.89. The number of carbonyl (C=O) groups excluding carboxylic acids is 1. The first-order valence-electron chi connectivity index (χ1n) is 8.63. The summed E-state index contributed by atoms with van der Waals surface area (Å²) in [5, 5.41) is 3.97. The number of fused-ring (bicyclic) bond motifs is 1. The average molecular weight is 361 g/mol. The van der Waals surface area contributed by atoms with E-state index in [9.17, 15) is 4.79 Å². The second kappa shape index (κ2) is 7.15. The molecule has 1 aromatic heterocycles.